The second-order valence-corrected chi connectivity index (χ2v) is 6.37. The molecule has 5 heteroatoms. The summed E-state index contributed by atoms with van der Waals surface area (Å²) in [6, 6.07) is 9.34. The molecule has 0 bridgehead atoms. The Morgan fingerprint density at radius 1 is 1.22 bits per heavy atom. The molecule has 0 aliphatic heterocycles. The Bertz CT molecular complexity index is 634. The molecule has 0 atom stereocenters. The summed E-state index contributed by atoms with van der Waals surface area (Å²) in [4.78, 5) is 22.0. The molecule has 122 valence electrons. The van der Waals surface area contributed by atoms with Crippen molar-refractivity contribution in [3.8, 4) is 0 Å². The fourth-order valence-electron chi connectivity index (χ4n) is 2.21. The van der Waals surface area contributed by atoms with Crippen molar-refractivity contribution in [2.75, 3.05) is 7.05 Å². The molecule has 0 unspecified atom stereocenters. The van der Waals surface area contributed by atoms with Gasteiger partial charge in [-0.1, -0.05) is 12.1 Å². The second-order valence-electron chi connectivity index (χ2n) is 6.37. The molecule has 0 saturated heterocycles. The Kier molecular flexibility index (Phi) is 5.45. The maximum Gasteiger partial charge on any atom is 0.253 e. The van der Waals surface area contributed by atoms with E-state index >= 15 is 0 Å². The average molecular weight is 313 g/mol. The van der Waals surface area contributed by atoms with Crippen molar-refractivity contribution in [3.63, 3.8) is 0 Å². The Hall–Kier alpha value is -2.27. The predicted molar refractivity (Wildman–Crippen MR) is 88.9 cm³/mol. The van der Waals surface area contributed by atoms with Crippen LogP contribution in [0.4, 0.5) is 0 Å². The standard InChI is InChI=1S/C18H23N3O2/c1-18(2,23)10-8-14-4-6-15(7-5-14)17(22)21(3)12-16-9-11-19-13-20-16/h4-7,9,11,13,23H,8,10,12H2,1-3H3. The molecule has 5 nitrogen and oxygen atoms in total. The Morgan fingerprint density at radius 3 is 2.48 bits per heavy atom. The smallest absolute Gasteiger partial charge is 0.253 e. The van der Waals surface area contributed by atoms with Crippen molar-refractivity contribution in [1.82, 2.24) is 14.9 Å². The predicted octanol–water partition coefficient (Wildman–Crippen LogP) is 2.45. The van der Waals surface area contributed by atoms with Crippen molar-refractivity contribution >= 4 is 5.91 Å². The Balaban J connectivity index is 1.97. The van der Waals surface area contributed by atoms with E-state index in [1.54, 1.807) is 38.1 Å². The molecular weight excluding hydrogens is 290 g/mol. The normalized spacial score (nSPS) is 11.3. The van der Waals surface area contributed by atoms with Crippen molar-refractivity contribution in [1.29, 1.82) is 0 Å². The first-order valence-corrected chi connectivity index (χ1v) is 7.67. The quantitative estimate of drug-likeness (QED) is 0.889. The van der Waals surface area contributed by atoms with E-state index in [4.69, 9.17) is 0 Å². The van der Waals surface area contributed by atoms with E-state index in [0.29, 0.717) is 18.5 Å². The minimum absolute atomic E-state index is 0.0438. The Labute approximate surface area is 137 Å². The monoisotopic (exact) mass is 313 g/mol. The highest BCUT2D eigenvalue weighted by Crippen LogP contribution is 2.15. The summed E-state index contributed by atoms with van der Waals surface area (Å²) in [6.45, 7) is 4.04. The highest BCUT2D eigenvalue weighted by atomic mass is 16.3. The number of hydrogen-bond acceptors (Lipinski definition) is 4. The van der Waals surface area contributed by atoms with Gasteiger partial charge in [-0.05, 0) is 50.5 Å². The number of rotatable bonds is 6. The van der Waals surface area contributed by atoms with Gasteiger partial charge >= 0.3 is 0 Å². The molecule has 1 aromatic heterocycles. The second kappa shape index (κ2) is 7.33. The zero-order valence-corrected chi connectivity index (χ0v) is 13.9. The Morgan fingerprint density at radius 2 is 1.91 bits per heavy atom. The molecule has 0 aliphatic rings. The lowest BCUT2D eigenvalue weighted by Gasteiger charge is -2.18. The van der Waals surface area contributed by atoms with E-state index < -0.39 is 5.60 Å². The van der Waals surface area contributed by atoms with E-state index in [0.717, 1.165) is 17.7 Å². The van der Waals surface area contributed by atoms with Gasteiger partial charge in [0.15, 0.2) is 0 Å². The van der Waals surface area contributed by atoms with Crippen molar-refractivity contribution < 1.29 is 9.90 Å². The van der Waals surface area contributed by atoms with E-state index in [1.165, 1.54) is 6.33 Å². The molecule has 0 saturated carbocycles. The zero-order valence-electron chi connectivity index (χ0n) is 13.9. The lowest BCUT2D eigenvalue weighted by atomic mass is 9.98. The molecule has 23 heavy (non-hydrogen) atoms. The summed E-state index contributed by atoms with van der Waals surface area (Å²) in [5, 5.41) is 9.76. The van der Waals surface area contributed by atoms with Crippen LogP contribution in [0.15, 0.2) is 42.9 Å². The van der Waals surface area contributed by atoms with Crippen LogP contribution in [0.1, 0.15) is 41.9 Å². The van der Waals surface area contributed by atoms with Crippen LogP contribution in [-0.2, 0) is 13.0 Å². The fraction of sp³-hybridized carbons (Fsp3) is 0.389. The highest BCUT2D eigenvalue weighted by Gasteiger charge is 2.14. The topological polar surface area (TPSA) is 66.3 Å². The number of amides is 1. The zero-order chi connectivity index (χ0) is 16.9. The van der Waals surface area contributed by atoms with Crippen molar-refractivity contribution in [2.24, 2.45) is 0 Å². The third-order valence-corrected chi connectivity index (χ3v) is 3.62. The molecule has 0 radical (unpaired) electrons. The number of carbonyl (C=O) groups is 1. The lowest BCUT2D eigenvalue weighted by molar-refractivity contribution is 0.0713. The number of nitrogens with zero attached hydrogens (tertiary/aromatic N) is 3. The van der Waals surface area contributed by atoms with Gasteiger partial charge < -0.3 is 10.0 Å². The van der Waals surface area contributed by atoms with Gasteiger partial charge in [-0.2, -0.15) is 0 Å². The third-order valence-electron chi connectivity index (χ3n) is 3.62. The molecule has 1 aromatic carbocycles. The molecule has 0 fully saturated rings. The maximum absolute atomic E-state index is 12.4. The van der Waals surface area contributed by atoms with E-state index in [9.17, 15) is 9.90 Å². The molecule has 0 spiro atoms. The molecule has 1 amide bonds. The van der Waals surface area contributed by atoms with Crippen LogP contribution in [-0.4, -0.2) is 38.5 Å². The van der Waals surface area contributed by atoms with Crippen molar-refractivity contribution in [2.45, 2.75) is 38.8 Å². The van der Waals surface area contributed by atoms with Gasteiger partial charge in [0.25, 0.3) is 5.91 Å². The van der Waals surface area contributed by atoms with Gasteiger partial charge in [0, 0.05) is 18.8 Å². The molecule has 0 aliphatic carbocycles. The number of benzene rings is 1. The molecular formula is C18H23N3O2. The minimum atomic E-state index is -0.674. The van der Waals surface area contributed by atoms with Gasteiger partial charge in [0.1, 0.15) is 6.33 Å². The summed E-state index contributed by atoms with van der Waals surface area (Å²) in [5.74, 6) is -0.0438. The maximum atomic E-state index is 12.4. The van der Waals surface area contributed by atoms with Crippen LogP contribution < -0.4 is 0 Å². The highest BCUT2D eigenvalue weighted by molar-refractivity contribution is 5.94. The summed E-state index contributed by atoms with van der Waals surface area (Å²) < 4.78 is 0. The number of aromatic nitrogens is 2. The number of aryl methyl sites for hydroxylation is 1. The number of aliphatic hydroxyl groups is 1. The fourth-order valence-corrected chi connectivity index (χ4v) is 2.21. The molecule has 2 rings (SSSR count). The minimum Gasteiger partial charge on any atom is -0.390 e. The van der Waals surface area contributed by atoms with Crippen LogP contribution in [0.5, 0.6) is 0 Å². The largest absolute Gasteiger partial charge is 0.390 e. The van der Waals surface area contributed by atoms with Gasteiger partial charge in [0.05, 0.1) is 17.8 Å². The lowest BCUT2D eigenvalue weighted by Crippen LogP contribution is -2.26. The van der Waals surface area contributed by atoms with E-state index in [-0.39, 0.29) is 5.91 Å². The van der Waals surface area contributed by atoms with Gasteiger partial charge in [-0.3, -0.25) is 4.79 Å². The van der Waals surface area contributed by atoms with Crippen LogP contribution in [0, 0.1) is 0 Å². The average Bonchev–Trinajstić information content (AvgIpc) is 2.53. The van der Waals surface area contributed by atoms with Gasteiger partial charge in [0.2, 0.25) is 0 Å². The molecule has 1 N–H and O–H groups in total. The van der Waals surface area contributed by atoms with E-state index in [2.05, 4.69) is 9.97 Å². The first-order valence-electron chi connectivity index (χ1n) is 7.67. The number of carbonyl (C=O) groups excluding carboxylic acids is 1. The number of hydrogen-bond donors (Lipinski definition) is 1. The van der Waals surface area contributed by atoms with Crippen molar-refractivity contribution in [3.05, 3.63) is 59.7 Å². The van der Waals surface area contributed by atoms with Gasteiger partial charge in [-0.25, -0.2) is 9.97 Å². The molecule has 2 aromatic rings. The van der Waals surface area contributed by atoms with Crippen LogP contribution >= 0.6 is 0 Å². The van der Waals surface area contributed by atoms with Gasteiger partial charge in [-0.15, -0.1) is 0 Å². The third kappa shape index (κ3) is 5.45. The van der Waals surface area contributed by atoms with Crippen LogP contribution in [0.3, 0.4) is 0 Å². The summed E-state index contributed by atoms with van der Waals surface area (Å²) in [7, 11) is 1.76. The van der Waals surface area contributed by atoms with E-state index in [1.807, 2.05) is 24.3 Å². The van der Waals surface area contributed by atoms with Crippen LogP contribution in [0.2, 0.25) is 0 Å². The summed E-state index contributed by atoms with van der Waals surface area (Å²) in [6.07, 6.45) is 4.62. The first-order chi connectivity index (χ1) is 10.8. The summed E-state index contributed by atoms with van der Waals surface area (Å²) in [5.41, 5.74) is 1.89. The summed E-state index contributed by atoms with van der Waals surface area (Å²) >= 11 is 0. The first kappa shape index (κ1) is 17.1. The molecule has 1 heterocycles. The SMILES string of the molecule is CN(Cc1ccncn1)C(=O)c1ccc(CCC(C)(C)O)cc1. The van der Waals surface area contributed by atoms with Crippen LogP contribution in [0.25, 0.3) is 0 Å².